The first kappa shape index (κ1) is 30.2. The SMILES string of the molecule is CC(C)(C)C[C@H]1N[C@@H](C(=O)NCCC[C@H]2CC[C@H](O)C2)[C@H](c2ccc(F)c(Cl)c2)[C@@]12C(=O)Nc1cc(Cl)c(F)cc12. The van der Waals surface area contributed by atoms with Gasteiger partial charge in [-0.3, -0.25) is 9.59 Å². The smallest absolute Gasteiger partial charge is 0.237 e. The normalized spacial score (nSPS) is 29.2. The molecule has 0 aromatic heterocycles. The third kappa shape index (κ3) is 5.73. The van der Waals surface area contributed by atoms with E-state index in [1.54, 1.807) is 0 Å². The second-order valence-corrected chi connectivity index (χ2v) is 13.8. The Balaban J connectivity index is 1.55. The van der Waals surface area contributed by atoms with Crippen LogP contribution in [0.1, 0.15) is 76.3 Å². The minimum absolute atomic E-state index is 0.120. The molecule has 2 heterocycles. The van der Waals surface area contributed by atoms with Crippen LogP contribution in [0.4, 0.5) is 14.5 Å². The largest absolute Gasteiger partial charge is 0.393 e. The van der Waals surface area contributed by atoms with Crippen molar-refractivity contribution in [3.63, 3.8) is 0 Å². The average molecular weight is 609 g/mol. The molecule has 1 saturated heterocycles. The van der Waals surface area contributed by atoms with Gasteiger partial charge in [-0.05, 0) is 85.3 Å². The van der Waals surface area contributed by atoms with Crippen LogP contribution in [0.25, 0.3) is 0 Å². The van der Waals surface area contributed by atoms with E-state index in [9.17, 15) is 19.1 Å². The monoisotopic (exact) mass is 607 g/mol. The summed E-state index contributed by atoms with van der Waals surface area (Å²) in [7, 11) is 0. The van der Waals surface area contributed by atoms with Gasteiger partial charge in [0.15, 0.2) is 0 Å². The molecule has 1 aliphatic carbocycles. The van der Waals surface area contributed by atoms with Crippen LogP contribution in [0.2, 0.25) is 10.0 Å². The molecule has 6 atom stereocenters. The van der Waals surface area contributed by atoms with E-state index in [4.69, 9.17) is 23.2 Å². The highest BCUT2D eigenvalue weighted by atomic mass is 35.5. The number of aliphatic hydroxyl groups is 1. The van der Waals surface area contributed by atoms with Crippen LogP contribution in [0, 0.1) is 23.0 Å². The fourth-order valence-corrected chi connectivity index (χ4v) is 7.52. The van der Waals surface area contributed by atoms with Crippen molar-refractivity contribution in [2.75, 3.05) is 11.9 Å². The van der Waals surface area contributed by atoms with Crippen molar-refractivity contribution in [1.29, 1.82) is 0 Å². The van der Waals surface area contributed by atoms with Gasteiger partial charge in [-0.1, -0.05) is 50.0 Å². The quantitative estimate of drug-likeness (QED) is 0.287. The Morgan fingerprint density at radius 2 is 1.85 bits per heavy atom. The summed E-state index contributed by atoms with van der Waals surface area (Å²) in [5.41, 5.74) is -0.358. The van der Waals surface area contributed by atoms with E-state index in [1.807, 2.05) is 20.8 Å². The number of hydrogen-bond donors (Lipinski definition) is 4. The zero-order chi connectivity index (χ0) is 29.7. The van der Waals surface area contributed by atoms with Crippen LogP contribution in [0.3, 0.4) is 0 Å². The maximum absolute atomic E-state index is 15.0. The molecule has 2 aliphatic heterocycles. The fourth-order valence-electron chi connectivity index (χ4n) is 7.16. The van der Waals surface area contributed by atoms with Crippen LogP contribution in [0.15, 0.2) is 30.3 Å². The molecule has 41 heavy (non-hydrogen) atoms. The van der Waals surface area contributed by atoms with Crippen molar-refractivity contribution in [2.24, 2.45) is 11.3 Å². The fraction of sp³-hybridized carbons (Fsp3) is 0.548. The number of hydrogen-bond acceptors (Lipinski definition) is 4. The molecule has 0 radical (unpaired) electrons. The van der Waals surface area contributed by atoms with Crippen LogP contribution in [0.5, 0.6) is 0 Å². The van der Waals surface area contributed by atoms with Gasteiger partial charge in [0, 0.05) is 24.2 Å². The van der Waals surface area contributed by atoms with Gasteiger partial charge < -0.3 is 21.1 Å². The van der Waals surface area contributed by atoms with Crippen molar-refractivity contribution in [2.45, 2.75) is 88.8 Å². The van der Waals surface area contributed by atoms with Crippen molar-refractivity contribution in [1.82, 2.24) is 10.6 Å². The molecule has 3 aliphatic rings. The van der Waals surface area contributed by atoms with E-state index in [0.717, 1.165) is 32.1 Å². The summed E-state index contributed by atoms with van der Waals surface area (Å²) >= 11 is 12.3. The van der Waals surface area contributed by atoms with Gasteiger partial charge in [0.25, 0.3) is 0 Å². The van der Waals surface area contributed by atoms with Crippen LogP contribution < -0.4 is 16.0 Å². The zero-order valence-electron chi connectivity index (χ0n) is 23.5. The van der Waals surface area contributed by atoms with E-state index in [-0.39, 0.29) is 33.4 Å². The number of benzene rings is 2. The summed E-state index contributed by atoms with van der Waals surface area (Å²) in [4.78, 5) is 28.0. The maximum Gasteiger partial charge on any atom is 0.237 e. The number of amides is 2. The number of rotatable bonds is 7. The Morgan fingerprint density at radius 3 is 2.51 bits per heavy atom. The Kier molecular flexibility index (Phi) is 8.43. The van der Waals surface area contributed by atoms with Crippen molar-refractivity contribution < 1.29 is 23.5 Å². The number of carbonyl (C=O) groups excluding carboxylic acids is 2. The molecule has 10 heteroatoms. The zero-order valence-corrected chi connectivity index (χ0v) is 25.0. The van der Waals surface area contributed by atoms with Crippen LogP contribution >= 0.6 is 23.2 Å². The molecule has 6 nitrogen and oxygen atoms in total. The second kappa shape index (κ2) is 11.4. The summed E-state index contributed by atoms with van der Waals surface area (Å²) in [6, 6.07) is 5.45. The molecule has 222 valence electrons. The summed E-state index contributed by atoms with van der Waals surface area (Å²) in [6.45, 7) is 6.55. The maximum atomic E-state index is 15.0. The molecule has 0 unspecified atom stereocenters. The first-order chi connectivity index (χ1) is 19.3. The third-order valence-electron chi connectivity index (χ3n) is 8.89. The number of anilines is 1. The lowest BCUT2D eigenvalue weighted by molar-refractivity contribution is -0.123. The lowest BCUT2D eigenvalue weighted by Crippen LogP contribution is -2.49. The summed E-state index contributed by atoms with van der Waals surface area (Å²) in [5.74, 6) is -2.34. The molecule has 0 bridgehead atoms. The second-order valence-electron chi connectivity index (χ2n) is 13.0. The van der Waals surface area contributed by atoms with E-state index in [0.29, 0.717) is 35.7 Å². The number of aliphatic hydroxyl groups excluding tert-OH is 1. The Bertz CT molecular complexity index is 1350. The summed E-state index contributed by atoms with van der Waals surface area (Å²) in [5, 5.41) is 19.0. The molecule has 1 saturated carbocycles. The molecule has 5 rings (SSSR count). The Hall–Kier alpha value is -2.26. The van der Waals surface area contributed by atoms with E-state index >= 15 is 4.39 Å². The van der Waals surface area contributed by atoms with Gasteiger partial charge in [-0.2, -0.15) is 0 Å². The van der Waals surface area contributed by atoms with Gasteiger partial charge in [-0.15, -0.1) is 0 Å². The lowest BCUT2D eigenvalue weighted by atomic mass is 9.62. The molecular weight excluding hydrogens is 571 g/mol. The number of nitrogens with one attached hydrogen (secondary N) is 3. The van der Waals surface area contributed by atoms with Gasteiger partial charge >= 0.3 is 0 Å². The van der Waals surface area contributed by atoms with Gasteiger partial charge in [0.2, 0.25) is 11.8 Å². The lowest BCUT2D eigenvalue weighted by Gasteiger charge is -2.37. The van der Waals surface area contributed by atoms with Crippen molar-refractivity contribution >= 4 is 40.7 Å². The van der Waals surface area contributed by atoms with Crippen molar-refractivity contribution in [3.05, 3.63) is 63.1 Å². The van der Waals surface area contributed by atoms with Crippen molar-refractivity contribution in [3.8, 4) is 0 Å². The van der Waals surface area contributed by atoms with Crippen LogP contribution in [-0.2, 0) is 15.0 Å². The first-order valence-corrected chi connectivity index (χ1v) is 15.0. The highest BCUT2D eigenvalue weighted by molar-refractivity contribution is 6.31. The van der Waals surface area contributed by atoms with Crippen LogP contribution in [-0.4, -0.2) is 41.7 Å². The predicted octanol–water partition coefficient (Wildman–Crippen LogP) is 6.08. The minimum Gasteiger partial charge on any atom is -0.393 e. The highest BCUT2D eigenvalue weighted by Gasteiger charge is 2.66. The number of halogens is 4. The summed E-state index contributed by atoms with van der Waals surface area (Å²) < 4.78 is 29.3. The molecule has 2 aromatic rings. The third-order valence-corrected chi connectivity index (χ3v) is 9.47. The Labute approximate surface area is 249 Å². The minimum atomic E-state index is -1.39. The van der Waals surface area contributed by atoms with Gasteiger partial charge in [0.1, 0.15) is 17.0 Å². The van der Waals surface area contributed by atoms with Gasteiger partial charge in [0.05, 0.1) is 22.2 Å². The average Bonchev–Trinajstić information content (AvgIpc) is 3.53. The molecular formula is C31H37Cl2F2N3O3. The van der Waals surface area contributed by atoms with E-state index in [2.05, 4.69) is 16.0 Å². The molecule has 4 N–H and O–H groups in total. The molecule has 2 fully saturated rings. The first-order valence-electron chi connectivity index (χ1n) is 14.3. The topological polar surface area (TPSA) is 90.5 Å². The Morgan fingerprint density at radius 1 is 1.12 bits per heavy atom. The van der Waals surface area contributed by atoms with Gasteiger partial charge in [-0.25, -0.2) is 8.78 Å². The highest BCUT2D eigenvalue weighted by Crippen LogP contribution is 2.57. The molecule has 2 aromatic carbocycles. The van der Waals surface area contributed by atoms with E-state index in [1.165, 1.54) is 30.3 Å². The standard InChI is InChI=1S/C31H37Cl2F2N3O3/c1-30(2,3)15-25-31(19-13-23(35)21(33)14-24(19)37-29(31)41)26(17-7-9-22(34)20(32)12-17)27(38-25)28(40)36-10-4-5-16-6-8-18(39)11-16/h7,9,12-14,16,18,25-27,38-39H,4-6,8,10-11,15H2,1-3H3,(H,36,40)(H,37,41)/t16-,18-,25+,26-,27+,31-/m0/s1. The molecule has 1 spiro atoms. The number of fused-ring (bicyclic) bond motifs is 2. The van der Waals surface area contributed by atoms with E-state index < -0.39 is 35.1 Å². The predicted molar refractivity (Wildman–Crippen MR) is 156 cm³/mol. The number of carbonyl (C=O) groups is 2. The summed E-state index contributed by atoms with van der Waals surface area (Å²) in [6.07, 6.45) is 4.50. The molecule has 2 amide bonds.